The molecule has 0 aliphatic rings. The van der Waals surface area contributed by atoms with E-state index >= 15 is 0 Å². The third-order valence-electron chi connectivity index (χ3n) is 3.24. The Kier molecular flexibility index (Phi) is 5.97. The molecule has 0 atom stereocenters. The summed E-state index contributed by atoms with van der Waals surface area (Å²) in [5.41, 5.74) is 0.765. The Bertz CT molecular complexity index is 947. The monoisotopic (exact) mass is 407 g/mol. The van der Waals surface area contributed by atoms with Gasteiger partial charge in [-0.3, -0.25) is 14.9 Å². The minimum absolute atomic E-state index is 0.138. The third kappa shape index (κ3) is 4.66. The third-order valence-corrected chi connectivity index (χ3v) is 5.54. The summed E-state index contributed by atoms with van der Waals surface area (Å²) in [5.74, 6) is -0.784. The lowest BCUT2D eigenvalue weighted by Gasteiger charge is -2.02. The van der Waals surface area contributed by atoms with E-state index in [4.69, 9.17) is 11.6 Å². The number of nitrogens with one attached hydrogen (secondary N) is 1. The number of benzene rings is 2. The van der Waals surface area contributed by atoms with Gasteiger partial charge in [-0.1, -0.05) is 46.8 Å². The Hall–Kier alpha value is -2.29. The molecule has 1 amide bonds. The van der Waals surface area contributed by atoms with Crippen molar-refractivity contribution in [1.82, 2.24) is 10.2 Å². The van der Waals surface area contributed by atoms with Crippen LogP contribution in [0.2, 0.25) is 5.02 Å². The topological polar surface area (TPSA) is 72.0 Å². The number of rotatable bonds is 6. The van der Waals surface area contributed by atoms with Crippen molar-refractivity contribution in [3.05, 3.63) is 70.5 Å². The van der Waals surface area contributed by atoms with E-state index in [1.807, 2.05) is 0 Å². The van der Waals surface area contributed by atoms with Crippen LogP contribution in [0, 0.1) is 5.82 Å². The highest BCUT2D eigenvalue weighted by Crippen LogP contribution is 2.27. The van der Waals surface area contributed by atoms with Crippen molar-refractivity contribution >= 4 is 51.5 Å². The Morgan fingerprint density at radius 3 is 2.58 bits per heavy atom. The molecule has 0 saturated carbocycles. The predicted molar refractivity (Wildman–Crippen MR) is 101 cm³/mol. The molecule has 26 heavy (non-hydrogen) atoms. The first-order valence-electron chi connectivity index (χ1n) is 7.34. The number of carbonyl (C=O) groups excluding carboxylic acids is 2. The second-order valence-corrected chi connectivity index (χ2v) is 7.63. The molecule has 0 spiro atoms. The average molecular weight is 408 g/mol. The molecule has 3 aromatic rings. The Morgan fingerprint density at radius 2 is 1.85 bits per heavy atom. The van der Waals surface area contributed by atoms with Crippen molar-refractivity contribution in [2.24, 2.45) is 0 Å². The molecular formula is C17H11ClFN3O2S2. The van der Waals surface area contributed by atoms with Gasteiger partial charge in [-0.2, -0.15) is 0 Å². The highest BCUT2D eigenvalue weighted by Gasteiger charge is 2.14. The summed E-state index contributed by atoms with van der Waals surface area (Å²) in [5, 5.41) is 11.1. The van der Waals surface area contributed by atoms with E-state index in [1.165, 1.54) is 36.0 Å². The number of carbonyl (C=O) groups is 2. The maximum absolute atomic E-state index is 12.9. The molecule has 1 heterocycles. The van der Waals surface area contributed by atoms with E-state index in [0.717, 1.165) is 11.3 Å². The molecule has 0 unspecified atom stereocenters. The number of Topliss-reactive ketones (excluding diaryl/α,β-unsaturated/α-hetero) is 1. The standard InChI is InChI=1S/C17H11ClFN3O2S2/c18-13-4-2-1-3-12(13)15(24)20-16-21-22-17(26-16)25-9-14(23)10-5-7-11(19)8-6-10/h1-8H,9H2,(H,20,21,24). The Labute approximate surface area is 161 Å². The van der Waals surface area contributed by atoms with Crippen LogP contribution in [0.3, 0.4) is 0 Å². The normalized spacial score (nSPS) is 10.5. The fourth-order valence-electron chi connectivity index (χ4n) is 1.97. The zero-order chi connectivity index (χ0) is 18.5. The van der Waals surface area contributed by atoms with Crippen LogP contribution in [0.1, 0.15) is 20.7 Å². The van der Waals surface area contributed by atoms with Gasteiger partial charge in [-0.15, -0.1) is 10.2 Å². The lowest BCUT2D eigenvalue weighted by atomic mass is 10.1. The molecule has 0 aliphatic heterocycles. The summed E-state index contributed by atoms with van der Waals surface area (Å²) in [7, 11) is 0. The zero-order valence-electron chi connectivity index (χ0n) is 13.1. The summed E-state index contributed by atoms with van der Waals surface area (Å²) in [6.07, 6.45) is 0. The number of aromatic nitrogens is 2. The van der Waals surface area contributed by atoms with Gasteiger partial charge in [0.25, 0.3) is 5.91 Å². The molecule has 3 rings (SSSR count). The second kappa shape index (κ2) is 8.39. The number of hydrogen-bond acceptors (Lipinski definition) is 6. The van der Waals surface area contributed by atoms with Crippen molar-refractivity contribution in [2.75, 3.05) is 11.1 Å². The molecule has 2 aromatic carbocycles. The zero-order valence-corrected chi connectivity index (χ0v) is 15.5. The lowest BCUT2D eigenvalue weighted by molar-refractivity contribution is 0.101. The lowest BCUT2D eigenvalue weighted by Crippen LogP contribution is -2.12. The van der Waals surface area contributed by atoms with Crippen molar-refractivity contribution in [3.8, 4) is 0 Å². The largest absolute Gasteiger partial charge is 0.296 e. The van der Waals surface area contributed by atoms with Gasteiger partial charge in [0.1, 0.15) is 5.82 Å². The minimum Gasteiger partial charge on any atom is -0.296 e. The van der Waals surface area contributed by atoms with Crippen LogP contribution in [0.4, 0.5) is 9.52 Å². The van der Waals surface area contributed by atoms with Crippen LogP contribution in [0.25, 0.3) is 0 Å². The van der Waals surface area contributed by atoms with Crippen LogP contribution < -0.4 is 5.32 Å². The van der Waals surface area contributed by atoms with Gasteiger partial charge >= 0.3 is 0 Å². The molecule has 0 fully saturated rings. The van der Waals surface area contributed by atoms with Crippen LogP contribution >= 0.6 is 34.7 Å². The number of nitrogens with zero attached hydrogens (tertiary/aromatic N) is 2. The van der Waals surface area contributed by atoms with Gasteiger partial charge in [0.15, 0.2) is 10.1 Å². The highest BCUT2D eigenvalue weighted by molar-refractivity contribution is 8.01. The molecule has 9 heteroatoms. The molecular weight excluding hydrogens is 397 g/mol. The smallest absolute Gasteiger partial charge is 0.259 e. The number of halogens is 2. The number of ketones is 1. The van der Waals surface area contributed by atoms with E-state index in [0.29, 0.717) is 25.6 Å². The summed E-state index contributed by atoms with van der Waals surface area (Å²) in [6, 6.07) is 12.0. The van der Waals surface area contributed by atoms with Gasteiger partial charge < -0.3 is 0 Å². The van der Waals surface area contributed by atoms with Gasteiger partial charge in [0, 0.05) is 5.56 Å². The molecule has 0 saturated heterocycles. The van der Waals surface area contributed by atoms with Gasteiger partial charge in [0.2, 0.25) is 5.13 Å². The summed E-state index contributed by atoms with van der Waals surface area (Å²) in [4.78, 5) is 24.2. The number of thioether (sulfide) groups is 1. The van der Waals surface area contributed by atoms with Crippen molar-refractivity contribution < 1.29 is 14.0 Å². The van der Waals surface area contributed by atoms with E-state index < -0.39 is 5.82 Å². The fourth-order valence-corrected chi connectivity index (χ4v) is 3.84. The van der Waals surface area contributed by atoms with E-state index in [2.05, 4.69) is 15.5 Å². The van der Waals surface area contributed by atoms with E-state index in [1.54, 1.807) is 24.3 Å². The average Bonchev–Trinajstić information content (AvgIpc) is 3.08. The second-order valence-electron chi connectivity index (χ2n) is 5.03. The number of anilines is 1. The molecule has 0 aliphatic carbocycles. The highest BCUT2D eigenvalue weighted by atomic mass is 35.5. The van der Waals surface area contributed by atoms with Gasteiger partial charge in [-0.25, -0.2) is 4.39 Å². The van der Waals surface area contributed by atoms with Crippen LogP contribution in [-0.4, -0.2) is 27.6 Å². The quantitative estimate of drug-likeness (QED) is 0.368. The maximum Gasteiger partial charge on any atom is 0.259 e. The Balaban J connectivity index is 1.58. The van der Waals surface area contributed by atoms with Crippen molar-refractivity contribution in [2.45, 2.75) is 4.34 Å². The molecule has 1 N–H and O–H groups in total. The predicted octanol–water partition coefficient (Wildman–Crippen LogP) is 4.56. The first-order chi connectivity index (χ1) is 12.5. The van der Waals surface area contributed by atoms with Gasteiger partial charge in [0.05, 0.1) is 16.3 Å². The van der Waals surface area contributed by atoms with Crippen LogP contribution in [0.5, 0.6) is 0 Å². The SMILES string of the molecule is O=C(CSc1nnc(NC(=O)c2ccccc2Cl)s1)c1ccc(F)cc1. The van der Waals surface area contributed by atoms with Crippen LogP contribution in [-0.2, 0) is 0 Å². The summed E-state index contributed by atoms with van der Waals surface area (Å²) >= 11 is 8.34. The molecule has 0 radical (unpaired) electrons. The number of amides is 1. The number of hydrogen-bond donors (Lipinski definition) is 1. The van der Waals surface area contributed by atoms with Gasteiger partial charge in [-0.05, 0) is 36.4 Å². The summed E-state index contributed by atoms with van der Waals surface area (Å²) < 4.78 is 13.4. The molecule has 0 bridgehead atoms. The minimum atomic E-state index is -0.391. The fraction of sp³-hybridized carbons (Fsp3) is 0.0588. The van der Waals surface area contributed by atoms with E-state index in [-0.39, 0.29) is 17.4 Å². The van der Waals surface area contributed by atoms with Crippen LogP contribution in [0.15, 0.2) is 52.9 Å². The molecule has 1 aromatic heterocycles. The first-order valence-corrected chi connectivity index (χ1v) is 9.52. The summed E-state index contributed by atoms with van der Waals surface area (Å²) in [6.45, 7) is 0. The maximum atomic E-state index is 12.9. The van der Waals surface area contributed by atoms with Crippen molar-refractivity contribution in [1.29, 1.82) is 0 Å². The molecule has 5 nitrogen and oxygen atoms in total. The first kappa shape index (κ1) is 18.5. The van der Waals surface area contributed by atoms with Crippen molar-refractivity contribution in [3.63, 3.8) is 0 Å². The van der Waals surface area contributed by atoms with E-state index in [9.17, 15) is 14.0 Å². The molecule has 132 valence electrons. The Morgan fingerprint density at radius 1 is 1.12 bits per heavy atom.